The zero-order valence-corrected chi connectivity index (χ0v) is 15.3. The van der Waals surface area contributed by atoms with Crippen LogP contribution in [0, 0.1) is 5.92 Å². The van der Waals surface area contributed by atoms with E-state index in [1.54, 1.807) is 6.07 Å². The molecule has 2 fully saturated rings. The summed E-state index contributed by atoms with van der Waals surface area (Å²) in [4.78, 5) is 15.2. The monoisotopic (exact) mass is 346 g/mol. The normalized spacial score (nSPS) is 24.0. The second-order valence-corrected chi connectivity index (χ2v) is 7.24. The molecule has 1 heterocycles. The zero-order valence-electron chi connectivity index (χ0n) is 15.3. The van der Waals surface area contributed by atoms with Crippen molar-refractivity contribution in [1.29, 1.82) is 0 Å². The van der Waals surface area contributed by atoms with Crippen LogP contribution in [0.3, 0.4) is 0 Å². The van der Waals surface area contributed by atoms with E-state index >= 15 is 0 Å². The lowest BCUT2D eigenvalue weighted by atomic mass is 9.87. The van der Waals surface area contributed by atoms with E-state index in [1.165, 1.54) is 12.8 Å². The summed E-state index contributed by atoms with van der Waals surface area (Å²) in [5.74, 6) is 0.748. The summed E-state index contributed by atoms with van der Waals surface area (Å²) < 4.78 is 5.45. The molecule has 1 aliphatic heterocycles. The number of nitrogens with zero attached hydrogens (tertiary/aromatic N) is 1. The van der Waals surface area contributed by atoms with Gasteiger partial charge >= 0.3 is 0 Å². The number of hydrogen-bond donors (Lipinski definition) is 3. The molecule has 25 heavy (non-hydrogen) atoms. The Morgan fingerprint density at radius 1 is 1.20 bits per heavy atom. The van der Waals surface area contributed by atoms with Gasteiger partial charge in [-0.05, 0) is 43.7 Å². The van der Waals surface area contributed by atoms with Crippen LogP contribution in [0.4, 0.5) is 17.1 Å². The number of amides is 1. The number of nitrogens with two attached hydrogens (primary N) is 1. The summed E-state index contributed by atoms with van der Waals surface area (Å²) in [6.45, 7) is 5.22. The van der Waals surface area contributed by atoms with Crippen LogP contribution in [-0.2, 0) is 4.74 Å². The number of nitrogen functional groups attached to an aromatic ring is 1. The average molecular weight is 346 g/mol. The molecule has 0 spiro atoms. The number of anilines is 3. The number of morpholine rings is 1. The maximum atomic E-state index is 13.0. The van der Waals surface area contributed by atoms with E-state index in [-0.39, 0.29) is 11.9 Å². The van der Waals surface area contributed by atoms with Crippen LogP contribution in [0.25, 0.3) is 0 Å². The van der Waals surface area contributed by atoms with Gasteiger partial charge in [0.05, 0.1) is 35.8 Å². The molecule has 6 heteroatoms. The Hall–Kier alpha value is -1.95. The fourth-order valence-electron chi connectivity index (χ4n) is 3.74. The molecule has 1 aromatic rings. The number of carbonyl (C=O) groups excluding carboxylic acids is 1. The zero-order chi connectivity index (χ0) is 17.8. The summed E-state index contributed by atoms with van der Waals surface area (Å²) in [5.41, 5.74) is 9.18. The summed E-state index contributed by atoms with van der Waals surface area (Å²) in [5, 5.41) is 6.34. The topological polar surface area (TPSA) is 79.6 Å². The first kappa shape index (κ1) is 17.9. The minimum atomic E-state index is -0.0182. The molecule has 1 aromatic carbocycles. The maximum Gasteiger partial charge on any atom is 0.253 e. The van der Waals surface area contributed by atoms with Gasteiger partial charge < -0.3 is 26.0 Å². The highest BCUT2D eigenvalue weighted by atomic mass is 16.5. The molecule has 1 aliphatic carbocycles. The van der Waals surface area contributed by atoms with Gasteiger partial charge in [-0.25, -0.2) is 0 Å². The molecule has 0 unspecified atom stereocenters. The van der Waals surface area contributed by atoms with Gasteiger partial charge in [-0.2, -0.15) is 0 Å². The minimum Gasteiger partial charge on any atom is -0.397 e. The second-order valence-electron chi connectivity index (χ2n) is 7.24. The minimum absolute atomic E-state index is 0.0182. The van der Waals surface area contributed by atoms with Gasteiger partial charge in [-0.3, -0.25) is 4.79 Å². The molecule has 1 amide bonds. The highest BCUT2D eigenvalue weighted by molar-refractivity contribution is 6.02. The number of ether oxygens (including phenoxy) is 1. The first-order valence-corrected chi connectivity index (χ1v) is 9.33. The second kappa shape index (κ2) is 7.95. The van der Waals surface area contributed by atoms with Crippen LogP contribution < -0.4 is 21.3 Å². The van der Waals surface area contributed by atoms with E-state index in [4.69, 9.17) is 10.5 Å². The number of nitrogens with one attached hydrogen (secondary N) is 2. The highest BCUT2D eigenvalue weighted by Gasteiger charge is 2.24. The van der Waals surface area contributed by atoms with Gasteiger partial charge in [0.15, 0.2) is 0 Å². The number of rotatable bonds is 4. The predicted octanol–water partition coefficient (Wildman–Crippen LogP) is 2.46. The Morgan fingerprint density at radius 2 is 1.88 bits per heavy atom. The van der Waals surface area contributed by atoms with Crippen LogP contribution in [0.15, 0.2) is 12.1 Å². The quantitative estimate of drug-likeness (QED) is 0.730. The Kier molecular flexibility index (Phi) is 5.68. The molecule has 6 nitrogen and oxygen atoms in total. The average Bonchev–Trinajstić information content (AvgIpc) is 2.64. The molecule has 4 N–H and O–H groups in total. The first-order valence-electron chi connectivity index (χ1n) is 9.33. The van der Waals surface area contributed by atoms with Crippen LogP contribution in [0.1, 0.15) is 43.0 Å². The Morgan fingerprint density at radius 3 is 2.52 bits per heavy atom. The van der Waals surface area contributed by atoms with E-state index in [0.29, 0.717) is 24.5 Å². The van der Waals surface area contributed by atoms with Crippen molar-refractivity contribution in [3.8, 4) is 0 Å². The van der Waals surface area contributed by atoms with Gasteiger partial charge in [0.1, 0.15) is 0 Å². The molecule has 0 aromatic heterocycles. The van der Waals surface area contributed by atoms with E-state index in [0.717, 1.165) is 43.2 Å². The van der Waals surface area contributed by atoms with Crippen LogP contribution in [0.5, 0.6) is 0 Å². The van der Waals surface area contributed by atoms with E-state index in [1.807, 2.05) is 13.1 Å². The lowest BCUT2D eigenvalue weighted by molar-refractivity contribution is 0.0921. The molecule has 3 rings (SSSR count). The van der Waals surface area contributed by atoms with Gasteiger partial charge in [-0.1, -0.05) is 6.92 Å². The van der Waals surface area contributed by atoms with Crippen molar-refractivity contribution in [3.63, 3.8) is 0 Å². The van der Waals surface area contributed by atoms with Crippen molar-refractivity contribution in [3.05, 3.63) is 17.7 Å². The largest absolute Gasteiger partial charge is 0.397 e. The van der Waals surface area contributed by atoms with Gasteiger partial charge in [0, 0.05) is 26.2 Å². The van der Waals surface area contributed by atoms with Crippen molar-refractivity contribution < 1.29 is 9.53 Å². The van der Waals surface area contributed by atoms with Crippen molar-refractivity contribution in [1.82, 2.24) is 5.32 Å². The highest BCUT2D eigenvalue weighted by Crippen LogP contribution is 2.31. The van der Waals surface area contributed by atoms with Gasteiger partial charge in [-0.15, -0.1) is 0 Å². The molecule has 2 aliphatic rings. The van der Waals surface area contributed by atoms with E-state index in [9.17, 15) is 4.79 Å². The first-order chi connectivity index (χ1) is 12.1. The molecule has 1 saturated carbocycles. The fraction of sp³-hybridized carbons (Fsp3) is 0.632. The molecule has 138 valence electrons. The predicted molar refractivity (Wildman–Crippen MR) is 102 cm³/mol. The molecule has 0 atom stereocenters. The number of benzene rings is 1. The SMILES string of the molecule is CNc1cc(N2CCOCC2)c(C(=O)N[C@H]2CC[C@H](C)CC2)cc1N. The molecule has 0 bridgehead atoms. The van der Waals surface area contributed by atoms with Crippen molar-refractivity contribution in [2.75, 3.05) is 49.3 Å². The van der Waals surface area contributed by atoms with Crippen molar-refractivity contribution in [2.45, 2.75) is 38.6 Å². The lowest BCUT2D eigenvalue weighted by Crippen LogP contribution is -2.40. The Labute approximate surface area is 150 Å². The third-order valence-corrected chi connectivity index (χ3v) is 5.38. The summed E-state index contributed by atoms with van der Waals surface area (Å²) in [6.07, 6.45) is 4.48. The van der Waals surface area contributed by atoms with Crippen LogP contribution in [0.2, 0.25) is 0 Å². The maximum absolute atomic E-state index is 13.0. The number of carbonyl (C=O) groups is 1. The fourth-order valence-corrected chi connectivity index (χ4v) is 3.74. The number of hydrogen-bond acceptors (Lipinski definition) is 5. The molecule has 1 saturated heterocycles. The van der Waals surface area contributed by atoms with Crippen LogP contribution >= 0.6 is 0 Å². The smallest absolute Gasteiger partial charge is 0.253 e. The summed E-state index contributed by atoms with van der Waals surface area (Å²) in [6, 6.07) is 4.06. The third kappa shape index (κ3) is 4.18. The summed E-state index contributed by atoms with van der Waals surface area (Å²) >= 11 is 0. The van der Waals surface area contributed by atoms with E-state index in [2.05, 4.69) is 22.5 Å². The summed E-state index contributed by atoms with van der Waals surface area (Å²) in [7, 11) is 1.84. The van der Waals surface area contributed by atoms with Crippen LogP contribution in [-0.4, -0.2) is 45.3 Å². The van der Waals surface area contributed by atoms with Gasteiger partial charge in [0.25, 0.3) is 5.91 Å². The molecular weight excluding hydrogens is 316 g/mol. The Bertz CT molecular complexity index is 606. The van der Waals surface area contributed by atoms with Crippen molar-refractivity contribution in [2.24, 2.45) is 5.92 Å². The lowest BCUT2D eigenvalue weighted by Gasteiger charge is -2.32. The van der Waals surface area contributed by atoms with Crippen molar-refractivity contribution >= 4 is 23.0 Å². The van der Waals surface area contributed by atoms with Gasteiger partial charge in [0.2, 0.25) is 0 Å². The Balaban J connectivity index is 1.82. The molecular formula is C19H30N4O2. The third-order valence-electron chi connectivity index (χ3n) is 5.38. The standard InChI is InChI=1S/C19H30N4O2/c1-13-3-5-14(6-4-13)22-19(24)15-11-16(20)17(21-2)12-18(15)23-7-9-25-10-8-23/h11-14,21H,3-10,20H2,1-2H3,(H,22,24)/t13-,14-. The van der Waals surface area contributed by atoms with E-state index < -0.39 is 0 Å². The molecule has 0 radical (unpaired) electrons.